The molecule has 0 aliphatic carbocycles. The van der Waals surface area contributed by atoms with Gasteiger partial charge in [-0.25, -0.2) is 0 Å². The van der Waals surface area contributed by atoms with Crippen molar-refractivity contribution in [1.82, 2.24) is 0 Å². The first kappa shape index (κ1) is 23.8. The molecule has 0 N–H and O–H groups in total. The molecule has 0 fully saturated rings. The first-order valence-electron chi connectivity index (χ1n) is 18.5. The predicted molar refractivity (Wildman–Crippen MR) is 208 cm³/mol. The van der Waals surface area contributed by atoms with E-state index in [0.29, 0.717) is 22.3 Å². The number of benzene rings is 9. The Balaban J connectivity index is 1.13. The second-order valence-corrected chi connectivity index (χ2v) is 12.5. The van der Waals surface area contributed by atoms with E-state index in [1.165, 1.54) is 0 Å². The Morgan fingerprint density at radius 3 is 1.43 bits per heavy atom. The minimum atomic E-state index is -0.0486. The van der Waals surface area contributed by atoms with Gasteiger partial charge in [0, 0.05) is 16.2 Å². The summed E-state index contributed by atoms with van der Waals surface area (Å²) < 4.78 is 42.1. The zero-order valence-electron chi connectivity index (χ0n) is 30.4. The van der Waals surface area contributed by atoms with E-state index in [1.807, 2.05) is 54.6 Å². The maximum atomic E-state index is 8.92. The summed E-state index contributed by atoms with van der Waals surface area (Å²) in [5.41, 5.74) is 8.00. The molecule has 10 aromatic rings. The lowest BCUT2D eigenvalue weighted by Gasteiger charge is -2.18. The predicted octanol–water partition coefficient (Wildman–Crippen LogP) is 13.7. The largest absolute Gasteiger partial charge is 0.455 e. The molecule has 1 nitrogen and oxygen atoms in total. The van der Waals surface area contributed by atoms with Crippen LogP contribution in [-0.4, -0.2) is 0 Å². The number of rotatable bonds is 4. The summed E-state index contributed by atoms with van der Waals surface area (Å²) in [7, 11) is 0. The lowest BCUT2D eigenvalue weighted by Crippen LogP contribution is -1.91. The maximum Gasteiger partial charge on any atom is 0.143 e. The smallest absolute Gasteiger partial charge is 0.143 e. The van der Waals surface area contributed by atoms with E-state index >= 15 is 0 Å². The SMILES string of the molecule is [2H]c1c([2H])c(-c2ccc(-c3c4ccccc4c(-c4ccc5c(c4)oc4c6ccccc6ccc54)c4ccccc34)cc2)c([2H])c([2H])c1-c1ccccc1. The molecular formula is C48H30O. The molecule has 0 saturated carbocycles. The molecule has 1 aromatic heterocycles. The van der Waals surface area contributed by atoms with E-state index in [1.54, 1.807) is 0 Å². The van der Waals surface area contributed by atoms with E-state index < -0.39 is 0 Å². The summed E-state index contributed by atoms with van der Waals surface area (Å²) in [6.45, 7) is 0. The summed E-state index contributed by atoms with van der Waals surface area (Å²) in [4.78, 5) is 0. The Morgan fingerprint density at radius 1 is 0.327 bits per heavy atom. The summed E-state index contributed by atoms with van der Waals surface area (Å²) in [5.74, 6) is 0. The molecule has 0 spiro atoms. The van der Waals surface area contributed by atoms with Gasteiger partial charge in [-0.1, -0.05) is 164 Å². The fraction of sp³-hybridized carbons (Fsp3) is 0. The van der Waals surface area contributed by atoms with E-state index in [4.69, 9.17) is 9.90 Å². The Labute approximate surface area is 289 Å². The van der Waals surface area contributed by atoms with Gasteiger partial charge in [0.1, 0.15) is 11.2 Å². The van der Waals surface area contributed by atoms with Crippen LogP contribution in [0.15, 0.2) is 186 Å². The van der Waals surface area contributed by atoms with Gasteiger partial charge in [0.25, 0.3) is 0 Å². The summed E-state index contributed by atoms with van der Waals surface area (Å²) in [6.07, 6.45) is 0. The normalized spacial score (nSPS) is 12.8. The van der Waals surface area contributed by atoms with Crippen molar-refractivity contribution in [3.63, 3.8) is 0 Å². The highest BCUT2D eigenvalue weighted by molar-refractivity contribution is 6.22. The Morgan fingerprint density at radius 2 is 0.796 bits per heavy atom. The number of furan rings is 1. The molecule has 10 rings (SSSR count). The van der Waals surface area contributed by atoms with Crippen LogP contribution in [0.5, 0.6) is 0 Å². The van der Waals surface area contributed by atoms with E-state index in [-0.39, 0.29) is 24.2 Å². The van der Waals surface area contributed by atoms with Crippen molar-refractivity contribution in [3.05, 3.63) is 182 Å². The second kappa shape index (κ2) is 11.1. The quantitative estimate of drug-likeness (QED) is 0.177. The minimum absolute atomic E-state index is 0.0435. The zero-order valence-corrected chi connectivity index (χ0v) is 26.4. The molecule has 0 unspecified atom stereocenters. The molecule has 228 valence electrons. The molecule has 1 heterocycles. The maximum absolute atomic E-state index is 8.92. The average Bonchev–Trinajstić information content (AvgIpc) is 3.58. The fourth-order valence-electron chi connectivity index (χ4n) is 7.42. The van der Waals surface area contributed by atoms with Gasteiger partial charge in [0.05, 0.1) is 5.48 Å². The molecular weight excluding hydrogens is 593 g/mol. The number of fused-ring (bicyclic) bond motifs is 7. The van der Waals surface area contributed by atoms with Crippen LogP contribution in [0.3, 0.4) is 0 Å². The summed E-state index contributed by atoms with van der Waals surface area (Å²) in [6, 6.07) is 53.1. The highest BCUT2D eigenvalue weighted by Gasteiger charge is 2.18. The van der Waals surface area contributed by atoms with Gasteiger partial charge in [-0.2, -0.15) is 0 Å². The third-order valence-corrected chi connectivity index (χ3v) is 9.73. The lowest BCUT2D eigenvalue weighted by molar-refractivity contribution is 0.673. The summed E-state index contributed by atoms with van der Waals surface area (Å²) in [5, 5.41) is 8.95. The molecule has 0 aliphatic rings. The fourth-order valence-corrected chi connectivity index (χ4v) is 7.42. The van der Waals surface area contributed by atoms with Gasteiger partial charge < -0.3 is 4.42 Å². The third-order valence-electron chi connectivity index (χ3n) is 9.73. The van der Waals surface area contributed by atoms with Crippen molar-refractivity contribution in [3.8, 4) is 44.5 Å². The Kier molecular flexibility index (Phi) is 5.38. The second-order valence-electron chi connectivity index (χ2n) is 12.5. The molecule has 1 heteroatoms. The van der Waals surface area contributed by atoms with Crippen molar-refractivity contribution in [1.29, 1.82) is 0 Å². The van der Waals surface area contributed by atoms with Crippen LogP contribution in [0, 0.1) is 0 Å². The van der Waals surface area contributed by atoms with E-state index in [2.05, 4.69) is 103 Å². The molecule has 0 atom stereocenters. The zero-order chi connectivity index (χ0) is 35.8. The molecule has 0 radical (unpaired) electrons. The first-order valence-corrected chi connectivity index (χ1v) is 16.5. The van der Waals surface area contributed by atoms with Crippen molar-refractivity contribution < 1.29 is 9.90 Å². The minimum Gasteiger partial charge on any atom is -0.455 e. The standard InChI is InChI=1S/C48H30O/c1-2-10-31(11-3-1)32-18-20-33(21-19-32)34-22-24-36(25-23-34)46-40-14-6-8-16-42(40)47(43-17-9-7-15-41(43)46)37-27-28-39-44-29-26-35-12-4-5-13-38(35)48(44)49-45(39)30-37/h1-30H/i18D,19D,20D,21D. The Bertz CT molecular complexity index is 3000. The van der Waals surface area contributed by atoms with Gasteiger partial charge in [0.15, 0.2) is 0 Å². The van der Waals surface area contributed by atoms with E-state index in [0.717, 1.165) is 76.5 Å². The highest BCUT2D eigenvalue weighted by atomic mass is 16.3. The topological polar surface area (TPSA) is 13.1 Å². The molecule has 0 amide bonds. The molecule has 0 aliphatic heterocycles. The molecule has 0 bridgehead atoms. The average molecular weight is 627 g/mol. The third kappa shape index (κ3) is 4.47. The Hall–Kier alpha value is -6.44. The summed E-state index contributed by atoms with van der Waals surface area (Å²) >= 11 is 0. The highest BCUT2D eigenvalue weighted by Crippen LogP contribution is 2.45. The van der Waals surface area contributed by atoms with Gasteiger partial charge in [0.2, 0.25) is 0 Å². The van der Waals surface area contributed by atoms with Crippen LogP contribution in [-0.2, 0) is 0 Å². The lowest BCUT2D eigenvalue weighted by atomic mass is 9.85. The van der Waals surface area contributed by atoms with Gasteiger partial charge >= 0.3 is 0 Å². The van der Waals surface area contributed by atoms with Crippen molar-refractivity contribution >= 4 is 54.3 Å². The van der Waals surface area contributed by atoms with Crippen LogP contribution in [0.2, 0.25) is 0 Å². The van der Waals surface area contributed by atoms with Gasteiger partial charge in [-0.05, 0) is 89.6 Å². The van der Waals surface area contributed by atoms with Crippen molar-refractivity contribution in [2.24, 2.45) is 0 Å². The van der Waals surface area contributed by atoms with Gasteiger partial charge in [-0.15, -0.1) is 0 Å². The van der Waals surface area contributed by atoms with Crippen LogP contribution in [0.25, 0.3) is 98.8 Å². The van der Waals surface area contributed by atoms with Crippen LogP contribution in [0.1, 0.15) is 5.48 Å². The van der Waals surface area contributed by atoms with Gasteiger partial charge in [-0.3, -0.25) is 0 Å². The van der Waals surface area contributed by atoms with Crippen LogP contribution in [0.4, 0.5) is 0 Å². The van der Waals surface area contributed by atoms with Crippen LogP contribution >= 0.6 is 0 Å². The first-order chi connectivity index (χ1) is 26.0. The number of hydrogen-bond donors (Lipinski definition) is 0. The van der Waals surface area contributed by atoms with Crippen molar-refractivity contribution in [2.45, 2.75) is 0 Å². The molecule has 0 saturated heterocycles. The number of hydrogen-bond acceptors (Lipinski definition) is 1. The molecule has 49 heavy (non-hydrogen) atoms. The van der Waals surface area contributed by atoms with Crippen molar-refractivity contribution in [2.75, 3.05) is 0 Å². The van der Waals surface area contributed by atoms with Crippen LogP contribution < -0.4 is 0 Å². The molecule has 9 aromatic carbocycles. The monoisotopic (exact) mass is 626 g/mol. The van der Waals surface area contributed by atoms with E-state index in [9.17, 15) is 0 Å².